The van der Waals surface area contributed by atoms with Gasteiger partial charge in [-0.05, 0) is 0 Å². The molecule has 10 nitrogen and oxygen atoms in total. The third kappa shape index (κ3) is 1.70. The molecule has 1 unspecified atom stereocenters. The number of aliphatic hydroxyl groups excluding tert-OH is 3. The van der Waals surface area contributed by atoms with Gasteiger partial charge in [-0.1, -0.05) is 4.98 Å². The van der Waals surface area contributed by atoms with E-state index in [1.165, 1.54) is 6.33 Å². The largest absolute Gasteiger partial charge is 0.740 e. The zero-order valence-corrected chi connectivity index (χ0v) is 10.2. The van der Waals surface area contributed by atoms with Crippen molar-refractivity contribution < 1.29 is 24.8 Å². The number of imidazole rings is 1. The molecule has 2 aromatic heterocycles. The molecule has 0 aliphatic carbocycles. The second-order valence-corrected chi connectivity index (χ2v) is 4.51. The second-order valence-electron chi connectivity index (χ2n) is 4.51. The molecular formula is C10H13N5O5. The van der Waals surface area contributed by atoms with Crippen molar-refractivity contribution in [2.45, 2.75) is 24.4 Å². The molecule has 0 bridgehead atoms. The lowest BCUT2D eigenvalue weighted by Gasteiger charge is -2.17. The Balaban J connectivity index is 2.08. The molecule has 0 saturated carbocycles. The Labute approximate surface area is 112 Å². The summed E-state index contributed by atoms with van der Waals surface area (Å²) in [4.78, 5) is 10.5. The SMILES string of the molecule is Nc1c2[nH]cnc2nc(C2O[C@H](CO)[C@@H](O)[C@@H]2O)[n+]1[O-]. The van der Waals surface area contributed by atoms with E-state index >= 15 is 0 Å². The Bertz CT molecular complexity index is 646. The fourth-order valence-corrected chi connectivity index (χ4v) is 2.23. The molecule has 0 amide bonds. The number of aliphatic hydroxyl groups is 3. The number of H-pyrrole nitrogens is 1. The van der Waals surface area contributed by atoms with Crippen LogP contribution in [0.2, 0.25) is 0 Å². The van der Waals surface area contributed by atoms with Crippen molar-refractivity contribution in [1.82, 2.24) is 15.0 Å². The number of hydrogen-bond donors (Lipinski definition) is 5. The highest BCUT2D eigenvalue weighted by atomic mass is 16.6. The molecular weight excluding hydrogens is 270 g/mol. The number of hydrogen-bond acceptors (Lipinski definition) is 8. The molecule has 0 spiro atoms. The standard InChI is InChI=1S/C10H13N5O5/c11-8-4-9(13-2-12-4)14-10(15(8)19)7-6(18)5(17)3(1-16)20-7/h2-3,5-7,16-18H,1,11H2,(H,12,13,14)/t3-,5-,6+,7?/m1/s1. The van der Waals surface area contributed by atoms with Crippen LogP contribution in [0.25, 0.3) is 11.2 Å². The highest BCUT2D eigenvalue weighted by Gasteiger charge is 2.47. The van der Waals surface area contributed by atoms with Gasteiger partial charge in [0.25, 0.3) is 11.5 Å². The molecule has 3 rings (SSSR count). The third-order valence-corrected chi connectivity index (χ3v) is 3.32. The maximum atomic E-state index is 12.1. The van der Waals surface area contributed by atoms with Crippen molar-refractivity contribution in [1.29, 1.82) is 0 Å². The lowest BCUT2D eigenvalue weighted by atomic mass is 10.1. The quantitative estimate of drug-likeness (QED) is 0.294. The number of nitrogens with zero attached hydrogens (tertiary/aromatic N) is 3. The first-order valence-corrected chi connectivity index (χ1v) is 5.89. The van der Waals surface area contributed by atoms with Crippen LogP contribution in [-0.4, -0.2) is 55.2 Å². The van der Waals surface area contributed by atoms with Gasteiger partial charge in [-0.3, -0.25) is 0 Å². The third-order valence-electron chi connectivity index (χ3n) is 3.32. The summed E-state index contributed by atoms with van der Waals surface area (Å²) in [5.41, 5.74) is 6.14. The van der Waals surface area contributed by atoms with E-state index in [9.17, 15) is 15.4 Å². The summed E-state index contributed by atoms with van der Waals surface area (Å²) in [6.45, 7) is -0.492. The summed E-state index contributed by atoms with van der Waals surface area (Å²) in [5, 5.41) is 40.7. The minimum absolute atomic E-state index is 0.166. The lowest BCUT2D eigenvalue weighted by Crippen LogP contribution is -2.41. The monoisotopic (exact) mass is 283 g/mol. The molecule has 0 radical (unpaired) electrons. The summed E-state index contributed by atoms with van der Waals surface area (Å²) < 4.78 is 5.56. The van der Waals surface area contributed by atoms with Crippen molar-refractivity contribution in [2.75, 3.05) is 12.3 Å². The molecule has 1 aliphatic heterocycles. The van der Waals surface area contributed by atoms with Crippen LogP contribution in [0.5, 0.6) is 0 Å². The van der Waals surface area contributed by atoms with Crippen molar-refractivity contribution >= 4 is 17.0 Å². The van der Waals surface area contributed by atoms with Crippen LogP contribution in [0, 0.1) is 5.21 Å². The van der Waals surface area contributed by atoms with E-state index in [4.69, 9.17) is 15.6 Å². The number of aromatic nitrogens is 4. The summed E-state index contributed by atoms with van der Waals surface area (Å²) in [6.07, 6.45) is -3.57. The molecule has 1 saturated heterocycles. The van der Waals surface area contributed by atoms with Crippen molar-refractivity contribution in [2.24, 2.45) is 0 Å². The Kier molecular flexibility index (Phi) is 2.94. The molecule has 10 heteroatoms. The lowest BCUT2D eigenvalue weighted by molar-refractivity contribution is -0.606. The fraction of sp³-hybridized carbons (Fsp3) is 0.500. The number of aromatic amines is 1. The molecule has 1 aliphatic rings. The number of nitrogen functional groups attached to an aromatic ring is 1. The summed E-state index contributed by atoms with van der Waals surface area (Å²) in [7, 11) is 0. The van der Waals surface area contributed by atoms with E-state index in [0.29, 0.717) is 4.73 Å². The molecule has 2 aromatic rings. The van der Waals surface area contributed by atoms with Crippen LogP contribution in [0.1, 0.15) is 11.9 Å². The summed E-state index contributed by atoms with van der Waals surface area (Å²) in [6, 6.07) is 0. The molecule has 0 aromatic carbocycles. The summed E-state index contributed by atoms with van der Waals surface area (Å²) in [5.74, 6) is -0.384. The van der Waals surface area contributed by atoms with Gasteiger partial charge in [0.1, 0.15) is 18.3 Å². The van der Waals surface area contributed by atoms with Gasteiger partial charge in [0, 0.05) is 0 Å². The van der Waals surface area contributed by atoms with Crippen molar-refractivity contribution in [3.05, 3.63) is 17.4 Å². The number of anilines is 1. The van der Waals surface area contributed by atoms with Gasteiger partial charge in [-0.25, -0.2) is 9.71 Å². The van der Waals surface area contributed by atoms with Crippen LogP contribution in [0.3, 0.4) is 0 Å². The molecule has 6 N–H and O–H groups in total. The Hall–Kier alpha value is -2.01. The number of nitrogens with two attached hydrogens (primary N) is 1. The average molecular weight is 283 g/mol. The maximum absolute atomic E-state index is 12.1. The van der Waals surface area contributed by atoms with Gasteiger partial charge >= 0.3 is 0 Å². The van der Waals surface area contributed by atoms with Crippen molar-refractivity contribution in [3.63, 3.8) is 0 Å². The zero-order chi connectivity index (χ0) is 14.4. The van der Waals surface area contributed by atoms with Crippen LogP contribution < -0.4 is 10.5 Å². The normalized spacial score (nSPS) is 30.1. The van der Waals surface area contributed by atoms with Crippen molar-refractivity contribution in [3.8, 4) is 0 Å². The minimum Gasteiger partial charge on any atom is -0.740 e. The molecule has 4 atom stereocenters. The van der Waals surface area contributed by atoms with E-state index in [0.717, 1.165) is 0 Å². The van der Waals surface area contributed by atoms with Gasteiger partial charge in [-0.2, -0.15) is 0 Å². The van der Waals surface area contributed by atoms with Crippen LogP contribution in [0.4, 0.5) is 5.82 Å². The maximum Gasteiger partial charge on any atom is 0.273 e. The van der Waals surface area contributed by atoms with E-state index in [1.54, 1.807) is 0 Å². The van der Waals surface area contributed by atoms with E-state index < -0.39 is 31.0 Å². The Morgan fingerprint density at radius 1 is 1.45 bits per heavy atom. The number of nitrogens with one attached hydrogen (secondary N) is 1. The Morgan fingerprint density at radius 2 is 2.20 bits per heavy atom. The van der Waals surface area contributed by atoms with Crippen LogP contribution in [0.15, 0.2) is 6.33 Å². The van der Waals surface area contributed by atoms with Gasteiger partial charge in [-0.15, -0.1) is 0 Å². The predicted octanol–water partition coefficient (Wildman–Crippen LogP) is -2.67. The van der Waals surface area contributed by atoms with Crippen LogP contribution in [-0.2, 0) is 4.74 Å². The first-order chi connectivity index (χ1) is 9.54. The molecule has 1 fully saturated rings. The van der Waals surface area contributed by atoms with Gasteiger partial charge < -0.3 is 36.0 Å². The average Bonchev–Trinajstić information content (AvgIpc) is 3.01. The second kappa shape index (κ2) is 4.52. The van der Waals surface area contributed by atoms with E-state index in [1.807, 2.05) is 0 Å². The topological polar surface area (TPSA) is 164 Å². The minimum atomic E-state index is -1.39. The van der Waals surface area contributed by atoms with E-state index in [2.05, 4.69) is 15.0 Å². The smallest absolute Gasteiger partial charge is 0.273 e. The molecule has 3 heterocycles. The highest BCUT2D eigenvalue weighted by molar-refractivity contribution is 5.78. The Morgan fingerprint density at radius 3 is 2.85 bits per heavy atom. The number of rotatable bonds is 2. The van der Waals surface area contributed by atoms with E-state index in [-0.39, 0.29) is 22.8 Å². The van der Waals surface area contributed by atoms with Gasteiger partial charge in [0.15, 0.2) is 11.6 Å². The number of fused-ring (bicyclic) bond motifs is 1. The first kappa shape index (κ1) is 13.0. The zero-order valence-electron chi connectivity index (χ0n) is 10.2. The van der Waals surface area contributed by atoms with Crippen LogP contribution >= 0.6 is 0 Å². The molecule has 108 valence electrons. The summed E-state index contributed by atoms with van der Waals surface area (Å²) >= 11 is 0. The highest BCUT2D eigenvalue weighted by Crippen LogP contribution is 2.32. The van der Waals surface area contributed by atoms with Gasteiger partial charge in [0.05, 0.1) is 12.9 Å². The van der Waals surface area contributed by atoms with Gasteiger partial charge in [0.2, 0.25) is 5.82 Å². The fourth-order valence-electron chi connectivity index (χ4n) is 2.23. The molecule has 20 heavy (non-hydrogen) atoms. The number of ether oxygens (including phenoxy) is 1. The first-order valence-electron chi connectivity index (χ1n) is 5.89. The predicted molar refractivity (Wildman–Crippen MR) is 64.0 cm³/mol.